The van der Waals surface area contributed by atoms with Crippen LogP contribution < -0.4 is 4.74 Å². The van der Waals surface area contributed by atoms with Gasteiger partial charge in [0.1, 0.15) is 18.2 Å². The third-order valence-corrected chi connectivity index (χ3v) is 3.09. The summed E-state index contributed by atoms with van der Waals surface area (Å²) in [6.45, 7) is 2.70. The first-order valence-corrected chi connectivity index (χ1v) is 7.13. The van der Waals surface area contributed by atoms with Crippen LogP contribution in [0, 0.1) is 5.82 Å². The quantitative estimate of drug-likeness (QED) is 0.480. The number of methoxy groups -OCH3 is 1. The van der Waals surface area contributed by atoms with Gasteiger partial charge in [-0.05, 0) is 24.6 Å². The molecule has 112 valence electrons. The van der Waals surface area contributed by atoms with Crippen LogP contribution in [0.2, 0.25) is 0 Å². The largest absolute Gasteiger partial charge is 0.496 e. The minimum Gasteiger partial charge on any atom is -0.496 e. The average Bonchev–Trinajstić information content (AvgIpc) is 2.46. The molecule has 0 aliphatic carbocycles. The number of ketones is 1. The van der Waals surface area contributed by atoms with Gasteiger partial charge >= 0.3 is 0 Å². The normalized spacial score (nSPS) is 10.6. The standard InChI is InChI=1S/C16H23FO3/c1-3-4-5-6-7-10-20-12-15(18)14-11-13(17)8-9-16(14)19-2/h8-9,11H,3-7,10,12H2,1-2H3. The smallest absolute Gasteiger partial charge is 0.192 e. The lowest BCUT2D eigenvalue weighted by molar-refractivity contribution is 0.0749. The van der Waals surface area contributed by atoms with Crippen molar-refractivity contribution in [1.82, 2.24) is 0 Å². The van der Waals surface area contributed by atoms with Crippen LogP contribution in [0.3, 0.4) is 0 Å². The predicted molar refractivity (Wildman–Crippen MR) is 76.9 cm³/mol. The first kappa shape index (κ1) is 16.6. The van der Waals surface area contributed by atoms with E-state index < -0.39 is 5.82 Å². The Morgan fingerprint density at radius 1 is 1.20 bits per heavy atom. The molecule has 0 saturated carbocycles. The third kappa shape index (κ3) is 5.70. The van der Waals surface area contributed by atoms with Crippen LogP contribution in [0.25, 0.3) is 0 Å². The predicted octanol–water partition coefficient (Wildman–Crippen LogP) is 4.00. The molecular weight excluding hydrogens is 259 g/mol. The highest BCUT2D eigenvalue weighted by atomic mass is 19.1. The molecule has 0 fully saturated rings. The summed E-state index contributed by atoms with van der Waals surface area (Å²) in [5, 5.41) is 0. The van der Waals surface area contributed by atoms with E-state index in [0.29, 0.717) is 12.4 Å². The van der Waals surface area contributed by atoms with Crippen LogP contribution >= 0.6 is 0 Å². The Morgan fingerprint density at radius 3 is 2.65 bits per heavy atom. The molecule has 0 radical (unpaired) electrons. The molecule has 0 spiro atoms. The number of Topliss-reactive ketones (excluding diaryl/α,β-unsaturated/α-hetero) is 1. The molecule has 0 unspecified atom stereocenters. The summed E-state index contributed by atoms with van der Waals surface area (Å²) in [5.74, 6) is -0.327. The van der Waals surface area contributed by atoms with Crippen LogP contribution in [0.5, 0.6) is 5.75 Å². The minimum atomic E-state index is -0.450. The molecule has 3 nitrogen and oxygen atoms in total. The van der Waals surface area contributed by atoms with Gasteiger partial charge in [-0.25, -0.2) is 4.39 Å². The van der Waals surface area contributed by atoms with Gasteiger partial charge in [0.2, 0.25) is 0 Å². The summed E-state index contributed by atoms with van der Waals surface area (Å²) < 4.78 is 23.5. The summed E-state index contributed by atoms with van der Waals surface area (Å²) in [6.07, 6.45) is 5.71. The molecule has 0 atom stereocenters. The fourth-order valence-corrected chi connectivity index (χ4v) is 1.95. The zero-order valence-corrected chi connectivity index (χ0v) is 12.3. The molecule has 4 heteroatoms. The van der Waals surface area contributed by atoms with Crippen molar-refractivity contribution in [3.05, 3.63) is 29.6 Å². The van der Waals surface area contributed by atoms with Gasteiger partial charge in [0.05, 0.1) is 12.7 Å². The van der Waals surface area contributed by atoms with E-state index in [-0.39, 0.29) is 18.0 Å². The van der Waals surface area contributed by atoms with Crippen LogP contribution in [0.1, 0.15) is 49.4 Å². The summed E-state index contributed by atoms with van der Waals surface area (Å²) in [6, 6.07) is 3.91. The van der Waals surface area contributed by atoms with Gasteiger partial charge in [-0.3, -0.25) is 4.79 Å². The molecule has 0 amide bonds. The van der Waals surface area contributed by atoms with Crippen molar-refractivity contribution < 1.29 is 18.7 Å². The van der Waals surface area contributed by atoms with Crippen molar-refractivity contribution >= 4 is 5.78 Å². The highest BCUT2D eigenvalue weighted by Crippen LogP contribution is 2.19. The molecule has 1 aromatic rings. The SMILES string of the molecule is CCCCCCCOCC(=O)c1cc(F)ccc1OC. The fourth-order valence-electron chi connectivity index (χ4n) is 1.95. The van der Waals surface area contributed by atoms with Gasteiger partial charge < -0.3 is 9.47 Å². The van der Waals surface area contributed by atoms with Crippen molar-refractivity contribution in [2.24, 2.45) is 0 Å². The maximum Gasteiger partial charge on any atom is 0.192 e. The number of carbonyl (C=O) groups is 1. The number of carbonyl (C=O) groups excluding carboxylic acids is 1. The molecule has 0 aromatic heterocycles. The average molecular weight is 282 g/mol. The summed E-state index contributed by atoms with van der Waals surface area (Å²) in [4.78, 5) is 11.9. The zero-order chi connectivity index (χ0) is 14.8. The van der Waals surface area contributed by atoms with Gasteiger partial charge in [-0.1, -0.05) is 32.6 Å². The van der Waals surface area contributed by atoms with E-state index in [1.807, 2.05) is 0 Å². The Bertz CT molecular complexity index is 418. The number of hydrogen-bond acceptors (Lipinski definition) is 3. The lowest BCUT2D eigenvalue weighted by Gasteiger charge is -2.08. The monoisotopic (exact) mass is 282 g/mol. The van der Waals surface area contributed by atoms with Crippen molar-refractivity contribution in [3.63, 3.8) is 0 Å². The molecule has 20 heavy (non-hydrogen) atoms. The number of benzene rings is 1. The molecule has 1 rings (SSSR count). The third-order valence-electron chi connectivity index (χ3n) is 3.09. The number of hydrogen-bond donors (Lipinski definition) is 0. The van der Waals surface area contributed by atoms with E-state index >= 15 is 0 Å². The fraction of sp³-hybridized carbons (Fsp3) is 0.562. The highest BCUT2D eigenvalue weighted by molar-refractivity contribution is 5.99. The first-order valence-electron chi connectivity index (χ1n) is 7.13. The van der Waals surface area contributed by atoms with Gasteiger partial charge in [0, 0.05) is 6.61 Å². The van der Waals surface area contributed by atoms with Crippen LogP contribution in [-0.2, 0) is 4.74 Å². The number of ether oxygens (including phenoxy) is 2. The Kier molecular flexibility index (Phi) is 7.88. The van der Waals surface area contributed by atoms with E-state index in [1.54, 1.807) is 0 Å². The van der Waals surface area contributed by atoms with Crippen LogP contribution in [0.15, 0.2) is 18.2 Å². The minimum absolute atomic E-state index is 0.0341. The summed E-state index contributed by atoms with van der Waals surface area (Å²) >= 11 is 0. The van der Waals surface area contributed by atoms with E-state index in [0.717, 1.165) is 12.8 Å². The Balaban J connectivity index is 2.34. The topological polar surface area (TPSA) is 35.5 Å². The molecule has 0 heterocycles. The van der Waals surface area contributed by atoms with Gasteiger partial charge in [0.25, 0.3) is 0 Å². The van der Waals surface area contributed by atoms with Crippen molar-refractivity contribution in [3.8, 4) is 5.75 Å². The molecular formula is C16H23FO3. The molecule has 0 aliphatic rings. The summed E-state index contributed by atoms with van der Waals surface area (Å²) in [5.41, 5.74) is 0.235. The lowest BCUT2D eigenvalue weighted by atomic mass is 10.1. The van der Waals surface area contributed by atoms with Gasteiger partial charge in [0.15, 0.2) is 5.78 Å². The molecule has 0 saturated heterocycles. The van der Waals surface area contributed by atoms with E-state index in [4.69, 9.17) is 9.47 Å². The number of unbranched alkanes of at least 4 members (excludes halogenated alkanes) is 4. The maximum atomic E-state index is 13.2. The van der Waals surface area contributed by atoms with Crippen LogP contribution in [-0.4, -0.2) is 26.1 Å². The van der Waals surface area contributed by atoms with Gasteiger partial charge in [-0.15, -0.1) is 0 Å². The molecule has 0 N–H and O–H groups in total. The zero-order valence-electron chi connectivity index (χ0n) is 12.3. The van der Waals surface area contributed by atoms with E-state index in [1.165, 1.54) is 44.6 Å². The Morgan fingerprint density at radius 2 is 1.95 bits per heavy atom. The number of rotatable bonds is 10. The van der Waals surface area contributed by atoms with E-state index in [9.17, 15) is 9.18 Å². The van der Waals surface area contributed by atoms with Crippen LogP contribution in [0.4, 0.5) is 4.39 Å². The second-order valence-electron chi connectivity index (χ2n) is 4.73. The molecule has 0 bridgehead atoms. The van der Waals surface area contributed by atoms with Crippen molar-refractivity contribution in [2.45, 2.75) is 39.0 Å². The maximum absolute atomic E-state index is 13.2. The Hall–Kier alpha value is -1.42. The van der Waals surface area contributed by atoms with Crippen molar-refractivity contribution in [2.75, 3.05) is 20.3 Å². The highest BCUT2D eigenvalue weighted by Gasteiger charge is 2.13. The number of halogens is 1. The second kappa shape index (κ2) is 9.48. The lowest BCUT2D eigenvalue weighted by Crippen LogP contribution is -2.11. The second-order valence-corrected chi connectivity index (χ2v) is 4.73. The van der Waals surface area contributed by atoms with E-state index in [2.05, 4.69) is 6.92 Å². The molecule has 0 aliphatic heterocycles. The molecule has 1 aromatic carbocycles. The van der Waals surface area contributed by atoms with Gasteiger partial charge in [-0.2, -0.15) is 0 Å². The van der Waals surface area contributed by atoms with Crippen molar-refractivity contribution in [1.29, 1.82) is 0 Å². The summed E-state index contributed by atoms with van der Waals surface area (Å²) in [7, 11) is 1.46. The first-order chi connectivity index (χ1) is 9.69. The Labute approximate surface area is 120 Å².